The SMILES string of the molecule is CCCCCCCC1CCN(C2CCC(C#N)(CCC)CC2)CC1. The molecule has 0 bridgehead atoms. The highest BCUT2D eigenvalue weighted by Crippen LogP contribution is 2.41. The van der Waals surface area contributed by atoms with Crippen molar-refractivity contribution in [3.63, 3.8) is 0 Å². The van der Waals surface area contributed by atoms with Gasteiger partial charge in [0, 0.05) is 6.04 Å². The molecule has 1 saturated heterocycles. The maximum atomic E-state index is 9.58. The van der Waals surface area contributed by atoms with E-state index in [1.807, 2.05) is 0 Å². The number of hydrogen-bond acceptors (Lipinski definition) is 2. The van der Waals surface area contributed by atoms with Crippen LogP contribution in [0.1, 0.15) is 104 Å². The summed E-state index contributed by atoms with van der Waals surface area (Å²) >= 11 is 0. The normalized spacial score (nSPS) is 29.5. The van der Waals surface area contributed by atoms with Crippen LogP contribution in [-0.4, -0.2) is 24.0 Å². The lowest BCUT2D eigenvalue weighted by molar-refractivity contribution is 0.0760. The van der Waals surface area contributed by atoms with Gasteiger partial charge in [0.25, 0.3) is 0 Å². The first-order valence-electron chi connectivity index (χ1n) is 10.9. The predicted molar refractivity (Wildman–Crippen MR) is 103 cm³/mol. The summed E-state index contributed by atoms with van der Waals surface area (Å²) in [5.41, 5.74) is 0.0159. The third-order valence-corrected chi connectivity index (χ3v) is 6.76. The van der Waals surface area contributed by atoms with Gasteiger partial charge in [0.1, 0.15) is 0 Å². The van der Waals surface area contributed by atoms with Crippen LogP contribution < -0.4 is 0 Å². The van der Waals surface area contributed by atoms with E-state index in [2.05, 4.69) is 24.8 Å². The van der Waals surface area contributed by atoms with E-state index in [4.69, 9.17) is 0 Å². The zero-order valence-electron chi connectivity index (χ0n) is 16.4. The molecule has 2 heteroatoms. The number of nitrogens with zero attached hydrogens (tertiary/aromatic N) is 2. The summed E-state index contributed by atoms with van der Waals surface area (Å²) in [6.45, 7) is 7.15. The first-order chi connectivity index (χ1) is 11.7. The van der Waals surface area contributed by atoms with Crippen LogP contribution in [0.3, 0.4) is 0 Å². The van der Waals surface area contributed by atoms with E-state index in [9.17, 15) is 5.26 Å². The number of rotatable bonds is 9. The van der Waals surface area contributed by atoms with Crippen LogP contribution in [0.15, 0.2) is 0 Å². The fourth-order valence-corrected chi connectivity index (χ4v) is 5.06. The van der Waals surface area contributed by atoms with E-state index in [0.29, 0.717) is 0 Å². The van der Waals surface area contributed by atoms with E-state index in [1.165, 1.54) is 77.3 Å². The standard InChI is InChI=1S/C22H40N2/c1-3-5-6-7-8-9-20-12-17-24(18-13-20)21-10-15-22(19-23,14-4-2)16-11-21/h20-21H,3-18H2,1-2H3. The summed E-state index contributed by atoms with van der Waals surface area (Å²) in [6.07, 6.45) is 18.5. The van der Waals surface area contributed by atoms with Crippen LogP contribution in [0, 0.1) is 22.7 Å². The van der Waals surface area contributed by atoms with Crippen molar-refractivity contribution >= 4 is 0 Å². The van der Waals surface area contributed by atoms with Gasteiger partial charge in [-0.15, -0.1) is 0 Å². The molecule has 0 amide bonds. The quantitative estimate of drug-likeness (QED) is 0.462. The number of piperidine rings is 1. The number of likely N-dealkylation sites (tertiary alicyclic amines) is 1. The number of nitriles is 1. The molecular formula is C22H40N2. The molecule has 1 aliphatic heterocycles. The van der Waals surface area contributed by atoms with Crippen molar-refractivity contribution in [3.8, 4) is 6.07 Å². The minimum atomic E-state index is 0.0159. The van der Waals surface area contributed by atoms with Gasteiger partial charge in [0.05, 0.1) is 11.5 Å². The summed E-state index contributed by atoms with van der Waals surface area (Å²) in [5, 5.41) is 9.58. The zero-order valence-corrected chi connectivity index (χ0v) is 16.4. The van der Waals surface area contributed by atoms with E-state index >= 15 is 0 Å². The van der Waals surface area contributed by atoms with Gasteiger partial charge in [-0.3, -0.25) is 0 Å². The van der Waals surface area contributed by atoms with Crippen LogP contribution in [-0.2, 0) is 0 Å². The Labute approximate surface area is 151 Å². The smallest absolute Gasteiger partial charge is 0.0689 e. The molecular weight excluding hydrogens is 292 g/mol. The summed E-state index contributed by atoms with van der Waals surface area (Å²) in [4.78, 5) is 2.76. The van der Waals surface area contributed by atoms with Gasteiger partial charge in [0.2, 0.25) is 0 Å². The molecule has 0 radical (unpaired) electrons. The lowest BCUT2D eigenvalue weighted by Crippen LogP contribution is -2.44. The zero-order chi connectivity index (χ0) is 17.3. The second-order valence-electron chi connectivity index (χ2n) is 8.56. The molecule has 0 N–H and O–H groups in total. The average molecular weight is 333 g/mol. The molecule has 2 rings (SSSR count). The van der Waals surface area contributed by atoms with E-state index in [1.54, 1.807) is 0 Å². The van der Waals surface area contributed by atoms with Crippen LogP contribution in [0.25, 0.3) is 0 Å². The molecule has 0 aromatic heterocycles. The minimum absolute atomic E-state index is 0.0159. The highest BCUT2D eigenvalue weighted by Gasteiger charge is 2.37. The Morgan fingerprint density at radius 3 is 2.17 bits per heavy atom. The summed E-state index contributed by atoms with van der Waals surface area (Å²) in [6, 6.07) is 3.44. The molecule has 1 heterocycles. The molecule has 0 aromatic carbocycles. The van der Waals surface area contributed by atoms with Gasteiger partial charge in [-0.05, 0) is 64.0 Å². The largest absolute Gasteiger partial charge is 0.300 e. The van der Waals surface area contributed by atoms with Crippen molar-refractivity contribution in [1.29, 1.82) is 5.26 Å². The monoisotopic (exact) mass is 332 g/mol. The number of unbranched alkanes of at least 4 members (excludes halogenated alkanes) is 4. The maximum absolute atomic E-state index is 9.58. The molecule has 0 unspecified atom stereocenters. The van der Waals surface area contributed by atoms with Crippen LogP contribution in [0.5, 0.6) is 0 Å². The van der Waals surface area contributed by atoms with Crippen LogP contribution >= 0.6 is 0 Å². The van der Waals surface area contributed by atoms with Crippen molar-refractivity contribution in [1.82, 2.24) is 4.90 Å². The topological polar surface area (TPSA) is 27.0 Å². The second-order valence-corrected chi connectivity index (χ2v) is 8.56. The van der Waals surface area contributed by atoms with Gasteiger partial charge in [0.15, 0.2) is 0 Å². The first kappa shape index (κ1) is 19.8. The van der Waals surface area contributed by atoms with Crippen LogP contribution in [0.4, 0.5) is 0 Å². The highest BCUT2D eigenvalue weighted by molar-refractivity contribution is 5.02. The fraction of sp³-hybridized carbons (Fsp3) is 0.955. The van der Waals surface area contributed by atoms with Crippen molar-refractivity contribution in [3.05, 3.63) is 0 Å². The third-order valence-electron chi connectivity index (χ3n) is 6.76. The van der Waals surface area contributed by atoms with Crippen molar-refractivity contribution in [2.75, 3.05) is 13.1 Å². The lowest BCUT2D eigenvalue weighted by Gasteiger charge is -2.43. The van der Waals surface area contributed by atoms with Crippen LogP contribution in [0.2, 0.25) is 0 Å². The second kappa shape index (κ2) is 10.4. The Balaban J connectivity index is 1.64. The predicted octanol–water partition coefficient (Wildman–Crippen LogP) is 6.31. The van der Waals surface area contributed by atoms with Crippen molar-refractivity contribution in [2.24, 2.45) is 11.3 Å². The Morgan fingerprint density at radius 2 is 1.58 bits per heavy atom. The van der Waals surface area contributed by atoms with Crippen molar-refractivity contribution < 1.29 is 0 Å². The van der Waals surface area contributed by atoms with Gasteiger partial charge >= 0.3 is 0 Å². The molecule has 0 aromatic rings. The maximum Gasteiger partial charge on any atom is 0.0689 e. The van der Waals surface area contributed by atoms with E-state index in [-0.39, 0.29) is 5.41 Å². The van der Waals surface area contributed by atoms with Crippen molar-refractivity contribution in [2.45, 2.75) is 110 Å². The first-order valence-corrected chi connectivity index (χ1v) is 10.9. The molecule has 0 atom stereocenters. The summed E-state index contributed by atoms with van der Waals surface area (Å²) in [5.74, 6) is 0.991. The van der Waals surface area contributed by atoms with E-state index < -0.39 is 0 Å². The van der Waals surface area contributed by atoms with E-state index in [0.717, 1.165) is 37.6 Å². The molecule has 2 fully saturated rings. The minimum Gasteiger partial charge on any atom is -0.300 e. The molecule has 1 aliphatic carbocycles. The Morgan fingerprint density at radius 1 is 0.917 bits per heavy atom. The fourth-order valence-electron chi connectivity index (χ4n) is 5.06. The average Bonchev–Trinajstić information content (AvgIpc) is 2.63. The molecule has 2 aliphatic rings. The molecule has 0 spiro atoms. The molecule has 1 saturated carbocycles. The number of hydrogen-bond donors (Lipinski definition) is 0. The molecule has 24 heavy (non-hydrogen) atoms. The Bertz CT molecular complexity index is 368. The molecule has 2 nitrogen and oxygen atoms in total. The summed E-state index contributed by atoms with van der Waals surface area (Å²) in [7, 11) is 0. The molecule has 138 valence electrons. The third kappa shape index (κ3) is 5.76. The Hall–Kier alpha value is -0.550. The van der Waals surface area contributed by atoms with Gasteiger partial charge in [-0.25, -0.2) is 0 Å². The van der Waals surface area contributed by atoms with Gasteiger partial charge < -0.3 is 4.90 Å². The highest BCUT2D eigenvalue weighted by atomic mass is 15.2. The summed E-state index contributed by atoms with van der Waals surface area (Å²) < 4.78 is 0. The lowest BCUT2D eigenvalue weighted by atomic mass is 9.70. The Kier molecular flexibility index (Phi) is 8.60. The van der Waals surface area contributed by atoms with Gasteiger partial charge in [-0.2, -0.15) is 5.26 Å². The van der Waals surface area contributed by atoms with Gasteiger partial charge in [-0.1, -0.05) is 58.8 Å².